The first-order valence-corrected chi connectivity index (χ1v) is 13.1. The predicted molar refractivity (Wildman–Crippen MR) is 99.0 cm³/mol. The number of halogens is 1. The van der Waals surface area contributed by atoms with Gasteiger partial charge in [0.15, 0.2) is 9.84 Å². The van der Waals surface area contributed by atoms with Gasteiger partial charge in [-0.2, -0.15) is 0 Å². The highest BCUT2D eigenvalue weighted by molar-refractivity contribution is 7.90. The Morgan fingerprint density at radius 3 is 2.12 bits per heavy atom. The molecule has 2 aromatic rings. The van der Waals surface area contributed by atoms with Gasteiger partial charge in [0.1, 0.15) is 5.82 Å². The lowest BCUT2D eigenvalue weighted by Gasteiger charge is -2.18. The van der Waals surface area contributed by atoms with Crippen molar-refractivity contribution < 1.29 is 12.8 Å². The highest BCUT2D eigenvalue weighted by Gasteiger charge is 2.34. The van der Waals surface area contributed by atoms with Gasteiger partial charge in [-0.1, -0.05) is 43.1 Å². The zero-order valence-electron chi connectivity index (χ0n) is 14.1. The summed E-state index contributed by atoms with van der Waals surface area (Å²) in [5, 5.41) is 0. The molecular weight excluding hydrogens is 339 g/mol. The summed E-state index contributed by atoms with van der Waals surface area (Å²) in [5.74, 6) is 0.0210. The standard InChI is InChI=1S/C19H21FO2SSi/c1-23(21,22)17-10-6-15(7-11-17)19-13-24(2,3)12-18(19)14-4-8-16(20)9-5-14/h4-11,13,18H,12H2,1-3H3. The number of sulfone groups is 1. The van der Waals surface area contributed by atoms with Crippen LogP contribution < -0.4 is 0 Å². The van der Waals surface area contributed by atoms with E-state index in [1.807, 2.05) is 24.3 Å². The molecule has 1 atom stereocenters. The quantitative estimate of drug-likeness (QED) is 0.746. The van der Waals surface area contributed by atoms with E-state index in [-0.39, 0.29) is 11.7 Å². The molecule has 0 saturated heterocycles. The van der Waals surface area contributed by atoms with Crippen LogP contribution in [0.4, 0.5) is 4.39 Å². The maximum absolute atomic E-state index is 13.2. The van der Waals surface area contributed by atoms with E-state index in [9.17, 15) is 12.8 Å². The Balaban J connectivity index is 2.01. The maximum atomic E-state index is 13.2. The molecule has 126 valence electrons. The van der Waals surface area contributed by atoms with E-state index in [1.54, 1.807) is 12.1 Å². The molecule has 0 radical (unpaired) electrons. The predicted octanol–water partition coefficient (Wildman–Crippen LogP) is 4.66. The number of hydrogen-bond acceptors (Lipinski definition) is 2. The van der Waals surface area contributed by atoms with Gasteiger partial charge in [0.25, 0.3) is 0 Å². The third kappa shape index (κ3) is 3.52. The molecule has 24 heavy (non-hydrogen) atoms. The van der Waals surface area contributed by atoms with Gasteiger partial charge in [-0.25, -0.2) is 12.8 Å². The summed E-state index contributed by atoms with van der Waals surface area (Å²) in [6.45, 7) is 4.64. The zero-order valence-corrected chi connectivity index (χ0v) is 15.9. The van der Waals surface area contributed by atoms with E-state index in [0.29, 0.717) is 4.90 Å². The van der Waals surface area contributed by atoms with Gasteiger partial charge >= 0.3 is 0 Å². The van der Waals surface area contributed by atoms with Crippen molar-refractivity contribution in [3.8, 4) is 0 Å². The molecule has 0 amide bonds. The fraction of sp³-hybridized carbons (Fsp3) is 0.263. The summed E-state index contributed by atoms with van der Waals surface area (Å²) in [4.78, 5) is 0.333. The third-order valence-corrected chi connectivity index (χ3v) is 8.22. The molecule has 0 N–H and O–H groups in total. The van der Waals surface area contributed by atoms with Gasteiger partial charge in [-0.05, 0) is 47.0 Å². The molecule has 0 saturated carbocycles. The number of hydrogen-bond donors (Lipinski definition) is 0. The molecule has 0 bridgehead atoms. The van der Waals surface area contributed by atoms with Crippen molar-refractivity contribution in [1.29, 1.82) is 0 Å². The minimum absolute atomic E-state index is 0.226. The molecule has 5 heteroatoms. The summed E-state index contributed by atoms with van der Waals surface area (Å²) < 4.78 is 36.5. The van der Waals surface area contributed by atoms with E-state index in [1.165, 1.54) is 24.0 Å². The Morgan fingerprint density at radius 1 is 1.00 bits per heavy atom. The van der Waals surface area contributed by atoms with Crippen LogP contribution in [-0.4, -0.2) is 22.7 Å². The van der Waals surface area contributed by atoms with Crippen molar-refractivity contribution in [3.63, 3.8) is 0 Å². The van der Waals surface area contributed by atoms with Crippen LogP contribution in [0.5, 0.6) is 0 Å². The lowest BCUT2D eigenvalue weighted by Crippen LogP contribution is -2.19. The summed E-state index contributed by atoms with van der Waals surface area (Å²) in [7, 11) is -4.66. The smallest absolute Gasteiger partial charge is 0.175 e. The monoisotopic (exact) mass is 360 g/mol. The Morgan fingerprint density at radius 2 is 1.58 bits per heavy atom. The van der Waals surface area contributed by atoms with Crippen LogP contribution in [-0.2, 0) is 9.84 Å². The van der Waals surface area contributed by atoms with E-state index in [2.05, 4.69) is 18.8 Å². The second kappa shape index (κ2) is 5.97. The minimum Gasteiger partial charge on any atom is -0.224 e. The lowest BCUT2D eigenvalue weighted by molar-refractivity contribution is 0.602. The summed E-state index contributed by atoms with van der Waals surface area (Å²) in [5.41, 5.74) is 5.79. The van der Waals surface area contributed by atoms with Crippen molar-refractivity contribution >= 4 is 23.5 Å². The topological polar surface area (TPSA) is 34.1 Å². The lowest BCUT2D eigenvalue weighted by atomic mass is 9.89. The molecule has 1 heterocycles. The Labute approximate surface area is 144 Å². The third-order valence-electron chi connectivity index (χ3n) is 4.54. The highest BCUT2D eigenvalue weighted by atomic mass is 32.2. The molecule has 0 fully saturated rings. The van der Waals surface area contributed by atoms with E-state index < -0.39 is 17.9 Å². The molecule has 1 unspecified atom stereocenters. The first kappa shape index (κ1) is 17.1. The van der Waals surface area contributed by atoms with Gasteiger partial charge in [0.2, 0.25) is 0 Å². The van der Waals surface area contributed by atoms with Crippen molar-refractivity contribution in [2.45, 2.75) is 30.0 Å². The van der Waals surface area contributed by atoms with Gasteiger partial charge in [0.05, 0.1) is 13.0 Å². The Kier molecular flexibility index (Phi) is 4.26. The van der Waals surface area contributed by atoms with Crippen LogP contribution in [0.15, 0.2) is 59.1 Å². The summed E-state index contributed by atoms with van der Waals surface area (Å²) in [6.07, 6.45) is 1.22. The van der Waals surface area contributed by atoms with Gasteiger partial charge in [-0.3, -0.25) is 0 Å². The van der Waals surface area contributed by atoms with E-state index in [4.69, 9.17) is 0 Å². The van der Waals surface area contributed by atoms with Crippen molar-refractivity contribution in [2.75, 3.05) is 6.26 Å². The van der Waals surface area contributed by atoms with E-state index in [0.717, 1.165) is 17.2 Å². The zero-order chi connectivity index (χ0) is 17.5. The number of allylic oxidation sites excluding steroid dienone is 1. The highest BCUT2D eigenvalue weighted by Crippen LogP contribution is 2.45. The molecule has 1 aliphatic rings. The second-order valence-electron chi connectivity index (χ2n) is 7.19. The van der Waals surface area contributed by atoms with Gasteiger partial charge < -0.3 is 0 Å². The normalized spacial score (nSPS) is 20.0. The second-order valence-corrected chi connectivity index (χ2v) is 13.9. The van der Waals surface area contributed by atoms with Crippen LogP contribution in [0.1, 0.15) is 17.0 Å². The SMILES string of the molecule is C[Si]1(C)C=C(c2ccc(S(C)(=O)=O)cc2)C(c2ccc(F)cc2)C1. The summed E-state index contributed by atoms with van der Waals surface area (Å²) >= 11 is 0. The molecule has 0 aromatic heterocycles. The molecule has 3 rings (SSSR count). The molecule has 2 aromatic carbocycles. The Hall–Kier alpha value is -1.72. The first-order chi connectivity index (χ1) is 11.2. The van der Waals surface area contributed by atoms with E-state index >= 15 is 0 Å². The number of benzene rings is 2. The van der Waals surface area contributed by atoms with Crippen molar-refractivity contribution in [2.24, 2.45) is 0 Å². The fourth-order valence-corrected chi connectivity index (χ4v) is 6.85. The Bertz CT molecular complexity index is 882. The van der Waals surface area contributed by atoms with Crippen molar-refractivity contribution in [1.82, 2.24) is 0 Å². The van der Waals surface area contributed by atoms with Crippen LogP contribution in [0.3, 0.4) is 0 Å². The van der Waals surface area contributed by atoms with Crippen LogP contribution >= 0.6 is 0 Å². The maximum Gasteiger partial charge on any atom is 0.175 e. The molecule has 2 nitrogen and oxygen atoms in total. The summed E-state index contributed by atoms with van der Waals surface area (Å²) in [6, 6.07) is 14.9. The van der Waals surface area contributed by atoms with Gasteiger partial charge in [0, 0.05) is 12.2 Å². The van der Waals surface area contributed by atoms with Crippen LogP contribution in [0.2, 0.25) is 19.1 Å². The molecule has 1 aliphatic heterocycles. The average molecular weight is 361 g/mol. The van der Waals surface area contributed by atoms with Crippen LogP contribution in [0.25, 0.3) is 5.57 Å². The van der Waals surface area contributed by atoms with Crippen LogP contribution in [0, 0.1) is 5.82 Å². The molecular formula is C19H21FO2SSi. The number of rotatable bonds is 3. The first-order valence-electron chi connectivity index (χ1n) is 7.94. The largest absolute Gasteiger partial charge is 0.224 e. The fourth-order valence-electron chi connectivity index (χ4n) is 3.39. The van der Waals surface area contributed by atoms with Gasteiger partial charge in [-0.15, -0.1) is 0 Å². The minimum atomic E-state index is -3.19. The average Bonchev–Trinajstić information content (AvgIpc) is 2.83. The van der Waals surface area contributed by atoms with Crippen molar-refractivity contribution in [3.05, 3.63) is 71.2 Å². The molecule has 0 spiro atoms. The molecule has 0 aliphatic carbocycles.